The van der Waals surface area contributed by atoms with E-state index in [1.54, 1.807) is 0 Å². The Labute approximate surface area is 102 Å². The first-order chi connectivity index (χ1) is 8.15. The number of hydrogen-bond acceptors (Lipinski definition) is 1. The maximum Gasteiger partial charge on any atom is 0.146 e. The molecule has 17 heavy (non-hydrogen) atoms. The Balaban J connectivity index is 2.44. The zero-order valence-corrected chi connectivity index (χ0v) is 10.9. The molecule has 3 rings (SSSR count). The minimum atomic E-state index is -2.42. The van der Waals surface area contributed by atoms with Crippen LogP contribution in [0.4, 0.5) is 0 Å². The van der Waals surface area contributed by atoms with Gasteiger partial charge >= 0.3 is 0 Å². The van der Waals surface area contributed by atoms with E-state index in [0.29, 0.717) is 0 Å². The lowest BCUT2D eigenvalue weighted by Gasteiger charge is -2.18. The lowest BCUT2D eigenvalue weighted by atomic mass is 10.1. The van der Waals surface area contributed by atoms with E-state index in [2.05, 4.69) is 26.0 Å². The molecule has 0 bridgehead atoms. The fourth-order valence-electron chi connectivity index (χ4n) is 2.67. The van der Waals surface area contributed by atoms with Crippen LogP contribution in [0.25, 0.3) is 11.1 Å². The van der Waals surface area contributed by atoms with E-state index in [9.17, 15) is 4.57 Å². The summed E-state index contributed by atoms with van der Waals surface area (Å²) in [4.78, 5) is 0. The molecule has 1 nitrogen and oxygen atoms in total. The van der Waals surface area contributed by atoms with Crippen LogP contribution in [0.5, 0.6) is 0 Å². The first-order valence-electron chi connectivity index (χ1n) is 5.95. The molecule has 0 atom stereocenters. The topological polar surface area (TPSA) is 17.1 Å². The Morgan fingerprint density at radius 3 is 1.65 bits per heavy atom. The second-order valence-electron chi connectivity index (χ2n) is 4.79. The van der Waals surface area contributed by atoms with Gasteiger partial charge in [-0.05, 0) is 11.1 Å². The monoisotopic (exact) mass is 242 g/mol. The van der Waals surface area contributed by atoms with Crippen molar-refractivity contribution in [2.75, 3.05) is 0 Å². The predicted octanol–water partition coefficient (Wildman–Crippen LogP) is 3.39. The van der Waals surface area contributed by atoms with Crippen molar-refractivity contribution < 1.29 is 4.57 Å². The molecule has 0 N–H and O–H groups in total. The highest BCUT2D eigenvalue weighted by Gasteiger charge is 2.40. The van der Waals surface area contributed by atoms with Gasteiger partial charge in [-0.25, -0.2) is 0 Å². The summed E-state index contributed by atoms with van der Waals surface area (Å²) in [7, 11) is -2.42. The van der Waals surface area contributed by atoms with E-state index in [1.165, 1.54) is 0 Å². The normalized spacial score (nSPS) is 15.7. The Morgan fingerprint density at radius 1 is 0.824 bits per heavy atom. The van der Waals surface area contributed by atoms with Crippen LogP contribution in [0, 0.1) is 0 Å². The van der Waals surface area contributed by atoms with Crippen LogP contribution in [0.3, 0.4) is 0 Å². The highest BCUT2D eigenvalue weighted by atomic mass is 31.2. The van der Waals surface area contributed by atoms with Crippen molar-refractivity contribution in [2.24, 2.45) is 0 Å². The van der Waals surface area contributed by atoms with Gasteiger partial charge in [0.05, 0.1) is 0 Å². The first-order valence-corrected chi connectivity index (χ1v) is 7.72. The maximum atomic E-state index is 13.4. The fourth-order valence-corrected chi connectivity index (χ4v) is 5.76. The highest BCUT2D eigenvalue weighted by molar-refractivity contribution is 7.80. The molecular weight excluding hydrogens is 227 g/mol. The van der Waals surface area contributed by atoms with Gasteiger partial charge in [0.1, 0.15) is 7.14 Å². The van der Waals surface area contributed by atoms with Crippen molar-refractivity contribution >= 4 is 17.8 Å². The molecule has 1 aliphatic rings. The number of rotatable bonds is 1. The van der Waals surface area contributed by atoms with Crippen LogP contribution in [0.2, 0.25) is 0 Å². The third kappa shape index (κ3) is 1.29. The lowest BCUT2D eigenvalue weighted by Crippen LogP contribution is -2.17. The summed E-state index contributed by atoms with van der Waals surface area (Å²) in [6.07, 6.45) is 0. The molecule has 0 aliphatic carbocycles. The minimum Gasteiger partial charge on any atom is -0.313 e. The van der Waals surface area contributed by atoms with Crippen molar-refractivity contribution in [1.82, 2.24) is 0 Å². The van der Waals surface area contributed by atoms with Gasteiger partial charge in [-0.2, -0.15) is 0 Å². The molecule has 0 unspecified atom stereocenters. The van der Waals surface area contributed by atoms with E-state index in [0.717, 1.165) is 21.7 Å². The van der Waals surface area contributed by atoms with E-state index in [4.69, 9.17) is 0 Å². The van der Waals surface area contributed by atoms with Gasteiger partial charge in [0, 0.05) is 16.3 Å². The number of fused-ring (bicyclic) bond motifs is 3. The van der Waals surface area contributed by atoms with Gasteiger partial charge in [0.25, 0.3) is 0 Å². The average molecular weight is 242 g/mol. The number of hydrogen-bond donors (Lipinski definition) is 0. The van der Waals surface area contributed by atoms with Crippen LogP contribution in [-0.4, -0.2) is 5.66 Å². The van der Waals surface area contributed by atoms with Gasteiger partial charge in [-0.1, -0.05) is 62.4 Å². The summed E-state index contributed by atoms with van der Waals surface area (Å²) in [5.74, 6) is 0. The molecule has 1 aliphatic heterocycles. The van der Waals surface area contributed by atoms with Crippen molar-refractivity contribution in [1.29, 1.82) is 0 Å². The standard InChI is InChI=1S/C15H15OP/c1-11(2)17(16)14-9-5-3-7-12(14)13-8-4-6-10-15(13)17/h3-11H,1-2H3. The molecule has 1 heterocycles. The smallest absolute Gasteiger partial charge is 0.146 e. The molecular formula is C15H15OP. The third-order valence-corrected chi connectivity index (χ3v) is 7.21. The van der Waals surface area contributed by atoms with Crippen molar-refractivity contribution in [2.45, 2.75) is 19.5 Å². The average Bonchev–Trinajstić information content (AvgIpc) is 2.63. The molecule has 2 aromatic carbocycles. The SMILES string of the molecule is CC(C)P1(=O)c2ccccc2-c2ccccc21. The second kappa shape index (κ2) is 3.58. The zero-order valence-electron chi connectivity index (χ0n) is 10.1. The van der Waals surface area contributed by atoms with Gasteiger partial charge in [-0.15, -0.1) is 0 Å². The third-order valence-electron chi connectivity index (χ3n) is 3.54. The Hall–Kier alpha value is -1.33. The molecule has 0 amide bonds. The fraction of sp³-hybridized carbons (Fsp3) is 0.200. The molecule has 0 aromatic heterocycles. The first kappa shape index (κ1) is 10.8. The molecule has 86 valence electrons. The number of benzene rings is 2. The molecule has 0 saturated carbocycles. The summed E-state index contributed by atoms with van der Waals surface area (Å²) in [6, 6.07) is 16.2. The molecule has 2 heteroatoms. The Bertz CT molecular complexity index is 579. The van der Waals surface area contributed by atoms with E-state index in [1.807, 2.05) is 36.4 Å². The maximum absolute atomic E-state index is 13.4. The minimum absolute atomic E-state index is 0.160. The van der Waals surface area contributed by atoms with Crippen molar-refractivity contribution in [3.8, 4) is 11.1 Å². The van der Waals surface area contributed by atoms with Crippen LogP contribution in [0.15, 0.2) is 48.5 Å². The summed E-state index contributed by atoms with van der Waals surface area (Å²) >= 11 is 0. The van der Waals surface area contributed by atoms with Crippen molar-refractivity contribution in [3.63, 3.8) is 0 Å². The van der Waals surface area contributed by atoms with E-state index < -0.39 is 7.14 Å². The molecule has 0 spiro atoms. The van der Waals surface area contributed by atoms with Crippen LogP contribution in [0.1, 0.15) is 13.8 Å². The van der Waals surface area contributed by atoms with Crippen LogP contribution < -0.4 is 10.6 Å². The summed E-state index contributed by atoms with van der Waals surface area (Å²) in [5, 5.41) is 2.08. The Kier molecular flexibility index (Phi) is 2.27. The van der Waals surface area contributed by atoms with Gasteiger partial charge in [-0.3, -0.25) is 0 Å². The molecule has 0 radical (unpaired) electrons. The predicted molar refractivity (Wildman–Crippen MR) is 73.9 cm³/mol. The summed E-state index contributed by atoms with van der Waals surface area (Å²) in [5.41, 5.74) is 2.47. The van der Waals surface area contributed by atoms with Crippen molar-refractivity contribution in [3.05, 3.63) is 48.5 Å². The highest BCUT2D eigenvalue weighted by Crippen LogP contribution is 2.56. The van der Waals surface area contributed by atoms with Gasteiger partial charge in [0.15, 0.2) is 0 Å². The van der Waals surface area contributed by atoms with Crippen LogP contribution >= 0.6 is 7.14 Å². The molecule has 2 aromatic rings. The van der Waals surface area contributed by atoms with E-state index in [-0.39, 0.29) is 5.66 Å². The zero-order chi connectivity index (χ0) is 12.0. The second-order valence-corrected chi connectivity index (χ2v) is 8.10. The summed E-state index contributed by atoms with van der Waals surface area (Å²) in [6.45, 7) is 4.11. The van der Waals surface area contributed by atoms with E-state index >= 15 is 0 Å². The quantitative estimate of drug-likeness (QED) is 0.700. The molecule has 0 fully saturated rings. The molecule has 0 saturated heterocycles. The largest absolute Gasteiger partial charge is 0.313 e. The lowest BCUT2D eigenvalue weighted by molar-refractivity contribution is 0.582. The van der Waals surface area contributed by atoms with Gasteiger partial charge in [0.2, 0.25) is 0 Å². The summed E-state index contributed by atoms with van der Waals surface area (Å²) < 4.78 is 13.4. The Morgan fingerprint density at radius 2 is 1.24 bits per heavy atom. The van der Waals surface area contributed by atoms with Crippen LogP contribution in [-0.2, 0) is 4.57 Å². The van der Waals surface area contributed by atoms with Gasteiger partial charge < -0.3 is 4.57 Å².